The van der Waals surface area contributed by atoms with E-state index < -0.39 is 5.97 Å². The van der Waals surface area contributed by atoms with Crippen molar-refractivity contribution in [3.05, 3.63) is 68.7 Å². The maximum Gasteiger partial charge on any atom is 0.338 e. The van der Waals surface area contributed by atoms with Gasteiger partial charge in [-0.05, 0) is 42.3 Å². The van der Waals surface area contributed by atoms with Crippen LogP contribution in [0.25, 0.3) is 0 Å². The quantitative estimate of drug-likeness (QED) is 0.522. The van der Waals surface area contributed by atoms with E-state index >= 15 is 0 Å². The summed E-state index contributed by atoms with van der Waals surface area (Å²) < 4.78 is 4.62. The monoisotopic (exact) mass is 432 g/mol. The van der Waals surface area contributed by atoms with Crippen LogP contribution in [0.2, 0.25) is 10.0 Å². The second kappa shape index (κ2) is 9.67. The minimum Gasteiger partial charge on any atom is -0.478 e. The van der Waals surface area contributed by atoms with E-state index in [1.807, 2.05) is 0 Å². The number of alkyl halides is 1. The molecule has 24 heavy (non-hydrogen) atoms. The summed E-state index contributed by atoms with van der Waals surface area (Å²) in [6.45, 7) is 1.74. The number of hydrogen-bond acceptors (Lipinski definition) is 3. The van der Waals surface area contributed by atoms with Crippen LogP contribution in [0.1, 0.15) is 31.8 Å². The van der Waals surface area contributed by atoms with Gasteiger partial charge in [0.05, 0.1) is 18.2 Å². The van der Waals surface area contributed by atoms with Gasteiger partial charge in [0.25, 0.3) is 0 Å². The summed E-state index contributed by atoms with van der Waals surface area (Å²) in [6, 6.07) is 9.94. The van der Waals surface area contributed by atoms with Gasteiger partial charge in [0, 0.05) is 15.4 Å². The van der Waals surface area contributed by atoms with Gasteiger partial charge in [0.1, 0.15) is 0 Å². The van der Waals surface area contributed by atoms with Crippen LogP contribution in [0.5, 0.6) is 0 Å². The number of hydrogen-bond donors (Lipinski definition) is 1. The molecule has 1 N–H and O–H groups in total. The normalized spacial score (nSPS) is 9.71. The van der Waals surface area contributed by atoms with Crippen LogP contribution in [0, 0.1) is 6.92 Å². The topological polar surface area (TPSA) is 63.6 Å². The lowest BCUT2D eigenvalue weighted by atomic mass is 10.1. The maximum atomic E-state index is 11.2. The highest BCUT2D eigenvalue weighted by atomic mass is 79.9. The molecule has 0 bridgehead atoms. The van der Waals surface area contributed by atoms with E-state index in [0.29, 0.717) is 20.9 Å². The zero-order valence-corrected chi connectivity index (χ0v) is 16.1. The number of aryl methyl sites for hydroxylation is 1. The van der Waals surface area contributed by atoms with E-state index in [2.05, 4.69) is 20.7 Å². The average molecular weight is 434 g/mol. The van der Waals surface area contributed by atoms with Gasteiger partial charge in [0.2, 0.25) is 0 Å². The van der Waals surface area contributed by atoms with Crippen molar-refractivity contribution in [3.63, 3.8) is 0 Å². The van der Waals surface area contributed by atoms with Crippen molar-refractivity contribution in [1.29, 1.82) is 0 Å². The first-order valence-electron chi connectivity index (χ1n) is 6.72. The fourth-order valence-corrected chi connectivity index (χ4v) is 2.62. The number of methoxy groups -OCH3 is 1. The number of carbonyl (C=O) groups is 2. The van der Waals surface area contributed by atoms with Gasteiger partial charge in [-0.3, -0.25) is 0 Å². The van der Waals surface area contributed by atoms with Crippen LogP contribution in [0.4, 0.5) is 0 Å². The van der Waals surface area contributed by atoms with Crippen molar-refractivity contribution in [2.24, 2.45) is 0 Å². The molecule has 2 aromatic rings. The smallest absolute Gasteiger partial charge is 0.338 e. The molecule has 0 aliphatic rings. The molecule has 0 saturated heterocycles. The first kappa shape index (κ1) is 20.5. The Morgan fingerprint density at radius 3 is 2.08 bits per heavy atom. The van der Waals surface area contributed by atoms with Crippen molar-refractivity contribution in [2.45, 2.75) is 12.3 Å². The molecule has 0 spiro atoms. The summed E-state index contributed by atoms with van der Waals surface area (Å²) in [5.74, 6) is -1.30. The van der Waals surface area contributed by atoms with Crippen LogP contribution in [0.3, 0.4) is 0 Å². The molecule has 2 rings (SSSR count). The second-order valence-corrected chi connectivity index (χ2v) is 6.12. The maximum absolute atomic E-state index is 11.2. The van der Waals surface area contributed by atoms with E-state index in [-0.39, 0.29) is 11.5 Å². The summed E-state index contributed by atoms with van der Waals surface area (Å²) in [7, 11) is 1.35. The number of ether oxygens (including phenoxy) is 1. The molecular formula is C17H15BrCl2O4. The number of benzene rings is 2. The Hall–Kier alpha value is -1.56. The first-order valence-corrected chi connectivity index (χ1v) is 8.60. The SMILES string of the molecule is COC(=O)c1cc(Cl)ccc1CBr.Cc1ccc(Cl)cc1C(=O)O. The summed E-state index contributed by atoms with van der Waals surface area (Å²) in [4.78, 5) is 21.8. The van der Waals surface area contributed by atoms with E-state index in [0.717, 1.165) is 11.1 Å². The standard InChI is InChI=1S/C9H8BrClO2.C8H7ClO2/c1-13-9(12)8-4-7(11)3-2-6(8)5-10;1-5-2-3-6(9)4-7(5)8(10)11/h2-4H,5H2,1H3;2-4H,1H3,(H,10,11). The molecule has 0 atom stereocenters. The average Bonchev–Trinajstić information content (AvgIpc) is 2.56. The van der Waals surface area contributed by atoms with Crippen LogP contribution >= 0.6 is 39.1 Å². The molecule has 0 aromatic heterocycles. The number of esters is 1. The highest BCUT2D eigenvalue weighted by Crippen LogP contribution is 2.19. The van der Waals surface area contributed by atoms with Gasteiger partial charge in [-0.1, -0.05) is 51.3 Å². The van der Waals surface area contributed by atoms with Crippen LogP contribution in [-0.4, -0.2) is 24.2 Å². The van der Waals surface area contributed by atoms with Crippen LogP contribution in [0.15, 0.2) is 36.4 Å². The Morgan fingerprint density at radius 2 is 1.62 bits per heavy atom. The van der Waals surface area contributed by atoms with Gasteiger partial charge in [0.15, 0.2) is 0 Å². The molecule has 0 saturated carbocycles. The molecule has 4 nitrogen and oxygen atoms in total. The van der Waals surface area contributed by atoms with Gasteiger partial charge < -0.3 is 9.84 Å². The highest BCUT2D eigenvalue weighted by molar-refractivity contribution is 9.08. The third-order valence-electron chi connectivity index (χ3n) is 3.05. The first-order chi connectivity index (χ1) is 11.3. The van der Waals surface area contributed by atoms with Gasteiger partial charge in [-0.2, -0.15) is 0 Å². The van der Waals surface area contributed by atoms with Crippen molar-refractivity contribution in [2.75, 3.05) is 7.11 Å². The third kappa shape index (κ3) is 5.82. The predicted molar refractivity (Wildman–Crippen MR) is 98.6 cm³/mol. The fraction of sp³-hybridized carbons (Fsp3) is 0.176. The summed E-state index contributed by atoms with van der Waals surface area (Å²) in [5, 5.41) is 10.2. The van der Waals surface area contributed by atoms with Crippen molar-refractivity contribution >= 4 is 51.1 Å². The molecule has 0 heterocycles. The van der Waals surface area contributed by atoms with E-state index in [4.69, 9.17) is 28.3 Å². The minimum atomic E-state index is -0.940. The van der Waals surface area contributed by atoms with Gasteiger partial charge >= 0.3 is 11.9 Å². The summed E-state index contributed by atoms with van der Waals surface area (Å²) in [5.41, 5.74) is 2.36. The van der Waals surface area contributed by atoms with Gasteiger partial charge in [-0.15, -0.1) is 0 Å². The third-order valence-corrected chi connectivity index (χ3v) is 4.13. The Bertz CT molecular complexity index is 747. The lowest BCUT2D eigenvalue weighted by molar-refractivity contribution is 0.0599. The molecule has 0 aliphatic carbocycles. The lowest BCUT2D eigenvalue weighted by Crippen LogP contribution is -2.04. The van der Waals surface area contributed by atoms with E-state index in [1.54, 1.807) is 37.3 Å². The summed E-state index contributed by atoms with van der Waals surface area (Å²) in [6.07, 6.45) is 0. The number of carbonyl (C=O) groups excluding carboxylic acids is 1. The number of aromatic carboxylic acids is 1. The Morgan fingerprint density at radius 1 is 1.08 bits per heavy atom. The van der Waals surface area contributed by atoms with E-state index in [1.165, 1.54) is 13.2 Å². The molecule has 0 fully saturated rings. The zero-order valence-electron chi connectivity index (χ0n) is 13.0. The molecule has 0 radical (unpaired) electrons. The molecule has 128 valence electrons. The van der Waals surface area contributed by atoms with Gasteiger partial charge in [-0.25, -0.2) is 9.59 Å². The number of rotatable bonds is 3. The molecule has 0 amide bonds. The fourth-order valence-electron chi connectivity index (χ4n) is 1.79. The molecular weight excluding hydrogens is 419 g/mol. The number of carboxylic acid groups (broad SMARTS) is 1. The largest absolute Gasteiger partial charge is 0.478 e. The minimum absolute atomic E-state index is 0.262. The van der Waals surface area contributed by atoms with Crippen molar-refractivity contribution in [1.82, 2.24) is 0 Å². The molecule has 7 heteroatoms. The van der Waals surface area contributed by atoms with Crippen LogP contribution < -0.4 is 0 Å². The lowest BCUT2D eigenvalue weighted by Gasteiger charge is -2.04. The summed E-state index contributed by atoms with van der Waals surface area (Å²) >= 11 is 14.6. The predicted octanol–water partition coefficient (Wildman–Crippen LogP) is 5.37. The Balaban J connectivity index is 0.000000243. The van der Waals surface area contributed by atoms with Crippen LogP contribution in [-0.2, 0) is 10.1 Å². The number of halogens is 3. The molecule has 2 aromatic carbocycles. The molecule has 0 aliphatic heterocycles. The van der Waals surface area contributed by atoms with Crippen molar-refractivity contribution in [3.8, 4) is 0 Å². The molecule has 0 unspecified atom stereocenters. The van der Waals surface area contributed by atoms with Crippen molar-refractivity contribution < 1.29 is 19.4 Å². The Labute approximate surface area is 158 Å². The number of carboxylic acids is 1. The highest BCUT2D eigenvalue weighted by Gasteiger charge is 2.11. The zero-order chi connectivity index (χ0) is 18.3. The second-order valence-electron chi connectivity index (χ2n) is 4.69. The Kier molecular flexibility index (Phi) is 8.25. The van der Waals surface area contributed by atoms with E-state index in [9.17, 15) is 9.59 Å².